The highest BCUT2D eigenvalue weighted by atomic mass is 35.5. The Morgan fingerprint density at radius 3 is 2.53 bits per heavy atom. The third-order valence-corrected chi connectivity index (χ3v) is 6.89. The Labute approximate surface area is 221 Å². The first-order valence-corrected chi connectivity index (χ1v) is 12.6. The van der Waals surface area contributed by atoms with Gasteiger partial charge in [0.2, 0.25) is 0 Å². The molecule has 0 saturated heterocycles. The molecule has 1 atom stereocenters. The average Bonchev–Trinajstić information content (AvgIpc) is 3.27. The standard InChI is InChI=1S/C25H21Cl2N5O3S/c1-15-4-3-5-17(12-15)14-36-25-30-29-23(31(25)19-7-9-20(10-8-19)32(34)35)16(2)28-24(33)21-11-6-18(26)13-22(21)27/h3-13,16H,14H2,1-2H3,(H,28,33). The van der Waals surface area contributed by atoms with E-state index in [2.05, 4.69) is 21.6 Å². The Balaban J connectivity index is 1.65. The third-order valence-electron chi connectivity index (χ3n) is 5.34. The van der Waals surface area contributed by atoms with Crippen LogP contribution in [0.25, 0.3) is 5.69 Å². The van der Waals surface area contributed by atoms with E-state index in [4.69, 9.17) is 23.2 Å². The molecule has 4 aromatic rings. The van der Waals surface area contributed by atoms with Crippen LogP contribution in [0.4, 0.5) is 5.69 Å². The number of non-ortho nitro benzene ring substituents is 1. The minimum absolute atomic E-state index is 0.0268. The quantitative estimate of drug-likeness (QED) is 0.153. The van der Waals surface area contributed by atoms with Crippen molar-refractivity contribution >= 4 is 46.6 Å². The summed E-state index contributed by atoms with van der Waals surface area (Å²) in [6, 6.07) is 18.4. The topological polar surface area (TPSA) is 103 Å². The SMILES string of the molecule is Cc1cccc(CSc2nnc(C(C)NC(=O)c3ccc(Cl)cc3Cl)n2-c2ccc([N+](=O)[O-])cc2)c1. The van der Waals surface area contributed by atoms with E-state index in [1.165, 1.54) is 30.0 Å². The predicted octanol–water partition coefficient (Wildman–Crippen LogP) is 6.57. The first-order valence-electron chi connectivity index (χ1n) is 10.9. The highest BCUT2D eigenvalue weighted by Gasteiger charge is 2.23. The Morgan fingerprint density at radius 2 is 1.86 bits per heavy atom. The van der Waals surface area contributed by atoms with Gasteiger partial charge < -0.3 is 5.32 Å². The van der Waals surface area contributed by atoms with E-state index in [0.717, 1.165) is 11.1 Å². The monoisotopic (exact) mass is 541 g/mol. The number of amides is 1. The number of rotatable bonds is 8. The van der Waals surface area contributed by atoms with E-state index >= 15 is 0 Å². The number of benzene rings is 3. The van der Waals surface area contributed by atoms with Gasteiger partial charge in [-0.3, -0.25) is 19.5 Å². The zero-order valence-corrected chi connectivity index (χ0v) is 21.6. The smallest absolute Gasteiger partial charge is 0.269 e. The van der Waals surface area contributed by atoms with E-state index in [9.17, 15) is 14.9 Å². The Hall–Kier alpha value is -3.40. The normalized spacial score (nSPS) is 11.8. The number of carbonyl (C=O) groups excluding carboxylic acids is 1. The molecule has 0 aliphatic heterocycles. The van der Waals surface area contributed by atoms with Crippen molar-refractivity contribution in [3.8, 4) is 5.69 Å². The highest BCUT2D eigenvalue weighted by Crippen LogP contribution is 2.29. The lowest BCUT2D eigenvalue weighted by Crippen LogP contribution is -2.28. The number of nitrogens with zero attached hydrogens (tertiary/aromatic N) is 4. The van der Waals surface area contributed by atoms with Crippen LogP contribution < -0.4 is 5.32 Å². The van der Waals surface area contributed by atoms with Gasteiger partial charge in [0.1, 0.15) is 0 Å². The number of aryl methyl sites for hydroxylation is 1. The largest absolute Gasteiger partial charge is 0.342 e. The number of carbonyl (C=O) groups is 1. The molecule has 1 unspecified atom stereocenters. The summed E-state index contributed by atoms with van der Waals surface area (Å²) < 4.78 is 1.79. The maximum atomic E-state index is 12.9. The molecule has 1 heterocycles. The van der Waals surface area contributed by atoms with Crippen molar-refractivity contribution in [1.29, 1.82) is 0 Å². The maximum absolute atomic E-state index is 12.9. The second kappa shape index (κ2) is 11.1. The molecule has 1 N–H and O–H groups in total. The summed E-state index contributed by atoms with van der Waals surface area (Å²) in [4.78, 5) is 23.6. The van der Waals surface area contributed by atoms with E-state index in [0.29, 0.717) is 27.4 Å². The van der Waals surface area contributed by atoms with Gasteiger partial charge in [0.05, 0.1) is 21.6 Å². The molecule has 0 aliphatic carbocycles. The van der Waals surface area contributed by atoms with Crippen molar-refractivity contribution in [1.82, 2.24) is 20.1 Å². The highest BCUT2D eigenvalue weighted by molar-refractivity contribution is 7.98. The van der Waals surface area contributed by atoms with Crippen LogP contribution in [0.3, 0.4) is 0 Å². The lowest BCUT2D eigenvalue weighted by Gasteiger charge is -2.17. The van der Waals surface area contributed by atoms with E-state index in [1.807, 2.05) is 25.1 Å². The van der Waals surface area contributed by atoms with Gasteiger partial charge in [0.15, 0.2) is 11.0 Å². The molecular weight excluding hydrogens is 521 g/mol. The second-order valence-electron chi connectivity index (χ2n) is 8.05. The number of aromatic nitrogens is 3. The van der Waals surface area contributed by atoms with Crippen LogP contribution in [-0.2, 0) is 5.75 Å². The first kappa shape index (κ1) is 25.7. The lowest BCUT2D eigenvalue weighted by molar-refractivity contribution is -0.384. The van der Waals surface area contributed by atoms with Crippen molar-refractivity contribution in [2.45, 2.75) is 30.8 Å². The van der Waals surface area contributed by atoms with Crippen molar-refractivity contribution in [2.75, 3.05) is 0 Å². The first-order chi connectivity index (χ1) is 17.2. The molecule has 1 aromatic heterocycles. The van der Waals surface area contributed by atoms with Crippen molar-refractivity contribution < 1.29 is 9.72 Å². The second-order valence-corrected chi connectivity index (χ2v) is 9.83. The molecule has 0 bridgehead atoms. The average molecular weight is 542 g/mol. The van der Waals surface area contributed by atoms with Crippen LogP contribution in [0.5, 0.6) is 0 Å². The molecule has 0 spiro atoms. The fourth-order valence-corrected chi connectivity index (χ4v) is 4.98. The van der Waals surface area contributed by atoms with Crippen molar-refractivity contribution in [2.24, 2.45) is 0 Å². The van der Waals surface area contributed by atoms with Gasteiger partial charge in [0, 0.05) is 28.6 Å². The predicted molar refractivity (Wildman–Crippen MR) is 141 cm³/mol. The van der Waals surface area contributed by atoms with Crippen molar-refractivity contribution in [3.05, 3.63) is 109 Å². The van der Waals surface area contributed by atoms with Crippen LogP contribution in [0, 0.1) is 17.0 Å². The Bertz CT molecular complexity index is 1430. The summed E-state index contributed by atoms with van der Waals surface area (Å²) in [7, 11) is 0. The summed E-state index contributed by atoms with van der Waals surface area (Å²) >= 11 is 13.6. The van der Waals surface area contributed by atoms with Gasteiger partial charge in [-0.1, -0.05) is 64.8 Å². The molecule has 0 radical (unpaired) electrons. The fraction of sp³-hybridized carbons (Fsp3) is 0.160. The number of nitro groups is 1. The number of nitrogens with one attached hydrogen (secondary N) is 1. The van der Waals surface area contributed by atoms with Gasteiger partial charge in [-0.05, 0) is 49.7 Å². The van der Waals surface area contributed by atoms with Crippen LogP contribution >= 0.6 is 35.0 Å². The molecule has 184 valence electrons. The zero-order valence-electron chi connectivity index (χ0n) is 19.3. The summed E-state index contributed by atoms with van der Waals surface area (Å²) in [6.45, 7) is 3.81. The van der Waals surface area contributed by atoms with Crippen LogP contribution in [0.1, 0.15) is 40.3 Å². The molecule has 1 amide bonds. The fourth-order valence-electron chi connectivity index (χ4n) is 3.58. The van der Waals surface area contributed by atoms with Crippen LogP contribution in [0.15, 0.2) is 71.9 Å². The van der Waals surface area contributed by atoms with Gasteiger partial charge in [0.25, 0.3) is 11.6 Å². The third kappa shape index (κ3) is 5.87. The van der Waals surface area contributed by atoms with Gasteiger partial charge in [-0.2, -0.15) is 0 Å². The summed E-state index contributed by atoms with van der Waals surface area (Å²) in [5.41, 5.74) is 3.17. The molecular formula is C25H21Cl2N5O3S. The number of hydrogen-bond acceptors (Lipinski definition) is 6. The molecule has 0 aliphatic rings. The van der Waals surface area contributed by atoms with E-state index in [-0.39, 0.29) is 16.3 Å². The Kier molecular flexibility index (Phi) is 7.93. The summed E-state index contributed by atoms with van der Waals surface area (Å²) in [6.07, 6.45) is 0. The Morgan fingerprint density at radius 1 is 1.11 bits per heavy atom. The van der Waals surface area contributed by atoms with Crippen LogP contribution in [-0.4, -0.2) is 25.6 Å². The molecule has 0 fully saturated rings. The van der Waals surface area contributed by atoms with Gasteiger partial charge >= 0.3 is 0 Å². The number of hydrogen-bond donors (Lipinski definition) is 1. The minimum Gasteiger partial charge on any atom is -0.342 e. The molecule has 4 rings (SSSR count). The molecule has 3 aromatic carbocycles. The van der Waals surface area contributed by atoms with Crippen LogP contribution in [0.2, 0.25) is 10.0 Å². The summed E-state index contributed by atoms with van der Waals surface area (Å²) in [5.74, 6) is 0.721. The number of nitro benzene ring substituents is 1. The van der Waals surface area contributed by atoms with Gasteiger partial charge in [-0.15, -0.1) is 10.2 Å². The molecule has 36 heavy (non-hydrogen) atoms. The zero-order chi connectivity index (χ0) is 25.8. The van der Waals surface area contributed by atoms with E-state index < -0.39 is 16.9 Å². The molecule has 0 saturated carbocycles. The minimum atomic E-state index is -0.555. The van der Waals surface area contributed by atoms with E-state index in [1.54, 1.807) is 35.8 Å². The number of thioether (sulfide) groups is 1. The summed E-state index contributed by atoms with van der Waals surface area (Å²) in [5, 5.41) is 24.0. The maximum Gasteiger partial charge on any atom is 0.269 e. The van der Waals surface area contributed by atoms with Gasteiger partial charge in [-0.25, -0.2) is 0 Å². The lowest BCUT2D eigenvalue weighted by atomic mass is 10.2. The molecule has 8 nitrogen and oxygen atoms in total. The van der Waals surface area contributed by atoms with Crippen molar-refractivity contribution in [3.63, 3.8) is 0 Å². The molecule has 11 heteroatoms. The number of halogens is 2.